The maximum atomic E-state index is 13.2. The van der Waals surface area contributed by atoms with E-state index in [1.807, 2.05) is 0 Å². The first-order valence-electron chi connectivity index (χ1n) is 11.8. The molecule has 1 fully saturated rings. The van der Waals surface area contributed by atoms with Crippen LogP contribution in [0.15, 0.2) is 41.3 Å². The zero-order valence-electron chi connectivity index (χ0n) is 20.6. The van der Waals surface area contributed by atoms with Gasteiger partial charge in [0.2, 0.25) is 10.0 Å². The van der Waals surface area contributed by atoms with Crippen molar-refractivity contribution in [2.75, 3.05) is 72.5 Å². The number of hydrogen-bond acceptors (Lipinski definition) is 7. The smallest absolute Gasteiger partial charge is 0.240 e. The van der Waals surface area contributed by atoms with Gasteiger partial charge in [-0.05, 0) is 49.2 Å². The molecule has 34 heavy (non-hydrogen) atoms. The van der Waals surface area contributed by atoms with Crippen LogP contribution < -0.4 is 19.1 Å². The SMILES string of the molecule is COc1ccc(S(=O)(=O)NC[C@H](c2ccc3c(c2)CCCN3C)N2CCN(C)CC2)cc1OC. The van der Waals surface area contributed by atoms with Crippen molar-refractivity contribution in [3.8, 4) is 11.5 Å². The molecular formula is C25H36N4O4S. The Kier molecular flexibility index (Phi) is 7.67. The number of methoxy groups -OCH3 is 2. The number of anilines is 1. The third-order valence-electron chi connectivity index (χ3n) is 6.95. The van der Waals surface area contributed by atoms with Crippen LogP contribution in [0.3, 0.4) is 0 Å². The van der Waals surface area contributed by atoms with Crippen molar-refractivity contribution < 1.29 is 17.9 Å². The van der Waals surface area contributed by atoms with Crippen LogP contribution in [0.25, 0.3) is 0 Å². The van der Waals surface area contributed by atoms with Crippen LogP contribution in [0.1, 0.15) is 23.6 Å². The molecule has 2 aromatic rings. The summed E-state index contributed by atoms with van der Waals surface area (Å²) < 4.78 is 39.8. The molecule has 4 rings (SSSR count). The molecule has 0 saturated carbocycles. The fourth-order valence-corrected chi connectivity index (χ4v) is 5.91. The molecule has 1 atom stereocenters. The fourth-order valence-electron chi connectivity index (χ4n) is 4.86. The molecular weight excluding hydrogens is 452 g/mol. The predicted molar refractivity (Wildman–Crippen MR) is 135 cm³/mol. The van der Waals surface area contributed by atoms with Gasteiger partial charge in [-0.15, -0.1) is 0 Å². The molecule has 8 nitrogen and oxygen atoms in total. The summed E-state index contributed by atoms with van der Waals surface area (Å²) in [7, 11) is 3.56. The van der Waals surface area contributed by atoms with E-state index in [0.29, 0.717) is 18.0 Å². The lowest BCUT2D eigenvalue weighted by Gasteiger charge is -2.39. The quantitative estimate of drug-likeness (QED) is 0.611. The maximum Gasteiger partial charge on any atom is 0.240 e. The Morgan fingerprint density at radius 2 is 1.68 bits per heavy atom. The molecule has 9 heteroatoms. The molecule has 2 aliphatic heterocycles. The van der Waals surface area contributed by atoms with Crippen molar-refractivity contribution >= 4 is 15.7 Å². The Morgan fingerprint density at radius 1 is 0.941 bits per heavy atom. The van der Waals surface area contributed by atoms with Crippen LogP contribution in [0.2, 0.25) is 0 Å². The highest BCUT2D eigenvalue weighted by Crippen LogP contribution is 2.32. The summed E-state index contributed by atoms with van der Waals surface area (Å²) in [4.78, 5) is 7.16. The highest BCUT2D eigenvalue weighted by Gasteiger charge is 2.27. The van der Waals surface area contributed by atoms with Crippen molar-refractivity contribution in [3.05, 3.63) is 47.5 Å². The number of ether oxygens (including phenoxy) is 2. The van der Waals surface area contributed by atoms with Crippen LogP contribution in [-0.4, -0.2) is 85.8 Å². The van der Waals surface area contributed by atoms with Gasteiger partial charge < -0.3 is 19.3 Å². The van der Waals surface area contributed by atoms with E-state index in [9.17, 15) is 8.42 Å². The minimum absolute atomic E-state index is 0.0406. The Bertz CT molecular complexity index is 1100. The average Bonchev–Trinajstić information content (AvgIpc) is 2.84. The molecule has 2 aliphatic rings. The molecule has 0 unspecified atom stereocenters. The van der Waals surface area contributed by atoms with Gasteiger partial charge in [-0.1, -0.05) is 12.1 Å². The first-order valence-corrected chi connectivity index (χ1v) is 13.3. The Balaban J connectivity index is 1.59. The van der Waals surface area contributed by atoms with Crippen molar-refractivity contribution in [1.29, 1.82) is 0 Å². The second-order valence-corrected chi connectivity index (χ2v) is 10.9. The molecule has 1 N–H and O–H groups in total. The number of fused-ring (bicyclic) bond motifs is 1. The number of aryl methyl sites for hydroxylation is 1. The number of nitrogens with zero attached hydrogens (tertiary/aromatic N) is 3. The second-order valence-electron chi connectivity index (χ2n) is 9.14. The van der Waals surface area contributed by atoms with Gasteiger partial charge >= 0.3 is 0 Å². The van der Waals surface area contributed by atoms with Crippen molar-refractivity contribution in [2.24, 2.45) is 0 Å². The van der Waals surface area contributed by atoms with Gasteiger partial charge in [-0.3, -0.25) is 4.90 Å². The minimum Gasteiger partial charge on any atom is -0.493 e. The van der Waals surface area contributed by atoms with Gasteiger partial charge in [0.1, 0.15) is 0 Å². The summed E-state index contributed by atoms with van der Waals surface area (Å²) in [6.07, 6.45) is 2.19. The number of nitrogens with one attached hydrogen (secondary N) is 1. The van der Waals surface area contributed by atoms with E-state index in [1.54, 1.807) is 12.1 Å². The van der Waals surface area contributed by atoms with E-state index in [-0.39, 0.29) is 10.9 Å². The van der Waals surface area contributed by atoms with E-state index in [1.165, 1.54) is 31.5 Å². The zero-order valence-corrected chi connectivity index (χ0v) is 21.4. The predicted octanol–water partition coefficient (Wildman–Crippen LogP) is 2.35. The Labute approximate surface area is 203 Å². The standard InChI is InChI=1S/C25H36N4O4S/c1-27-12-14-29(15-13-27)23(20-7-9-22-19(16-20)6-5-11-28(22)2)18-26-34(30,31)21-8-10-24(32-3)25(17-21)33-4/h7-10,16-17,23,26H,5-6,11-15,18H2,1-4H3/t23-/m1/s1. The third-order valence-corrected chi connectivity index (χ3v) is 8.37. The highest BCUT2D eigenvalue weighted by atomic mass is 32.2. The number of sulfonamides is 1. The van der Waals surface area contributed by atoms with Gasteiger partial charge in [0.15, 0.2) is 11.5 Å². The third kappa shape index (κ3) is 5.33. The summed E-state index contributed by atoms with van der Waals surface area (Å²) in [5.41, 5.74) is 3.78. The monoisotopic (exact) mass is 488 g/mol. The Morgan fingerprint density at radius 3 is 2.38 bits per heavy atom. The molecule has 0 amide bonds. The highest BCUT2D eigenvalue weighted by molar-refractivity contribution is 7.89. The summed E-state index contributed by atoms with van der Waals surface area (Å²) in [5, 5.41) is 0. The van der Waals surface area contributed by atoms with Crippen LogP contribution in [0, 0.1) is 0 Å². The van der Waals surface area contributed by atoms with Gasteiger partial charge in [-0.25, -0.2) is 13.1 Å². The summed E-state index contributed by atoms with van der Waals surface area (Å²) in [6, 6.07) is 11.2. The summed E-state index contributed by atoms with van der Waals surface area (Å²) in [6.45, 7) is 5.10. The molecule has 0 aliphatic carbocycles. The topological polar surface area (TPSA) is 74.4 Å². The van der Waals surface area contributed by atoms with E-state index >= 15 is 0 Å². The van der Waals surface area contributed by atoms with Gasteiger partial charge in [-0.2, -0.15) is 0 Å². The number of hydrogen-bond donors (Lipinski definition) is 1. The fraction of sp³-hybridized carbons (Fsp3) is 0.520. The average molecular weight is 489 g/mol. The number of piperazine rings is 1. The molecule has 0 spiro atoms. The molecule has 186 valence electrons. The zero-order chi connectivity index (χ0) is 24.3. The molecule has 1 saturated heterocycles. The van der Waals surface area contributed by atoms with Crippen molar-refractivity contribution in [3.63, 3.8) is 0 Å². The van der Waals surface area contributed by atoms with Crippen molar-refractivity contribution in [2.45, 2.75) is 23.8 Å². The second kappa shape index (κ2) is 10.5. The molecule has 2 aromatic carbocycles. The molecule has 0 bridgehead atoms. The van der Waals surface area contributed by atoms with Crippen LogP contribution in [0.4, 0.5) is 5.69 Å². The summed E-state index contributed by atoms with van der Waals surface area (Å²) in [5.74, 6) is 0.885. The molecule has 0 radical (unpaired) electrons. The number of rotatable bonds is 8. The lowest BCUT2D eigenvalue weighted by Crippen LogP contribution is -2.48. The maximum absolute atomic E-state index is 13.2. The van der Waals surface area contributed by atoms with Gasteiger partial charge in [0.05, 0.1) is 19.1 Å². The first-order chi connectivity index (χ1) is 16.3. The minimum atomic E-state index is -3.73. The van der Waals surface area contributed by atoms with E-state index in [4.69, 9.17) is 9.47 Å². The lowest BCUT2D eigenvalue weighted by atomic mass is 9.95. The van der Waals surface area contributed by atoms with E-state index in [0.717, 1.165) is 51.1 Å². The molecule has 2 heterocycles. The van der Waals surface area contributed by atoms with Crippen LogP contribution in [0.5, 0.6) is 11.5 Å². The largest absolute Gasteiger partial charge is 0.493 e. The summed E-state index contributed by atoms with van der Waals surface area (Å²) >= 11 is 0. The van der Waals surface area contributed by atoms with Crippen LogP contribution in [-0.2, 0) is 16.4 Å². The van der Waals surface area contributed by atoms with Crippen molar-refractivity contribution in [1.82, 2.24) is 14.5 Å². The number of benzene rings is 2. The van der Waals surface area contributed by atoms with E-state index < -0.39 is 10.0 Å². The van der Waals surface area contributed by atoms with Crippen LogP contribution >= 0.6 is 0 Å². The Hall–Kier alpha value is -2.33. The normalized spacial score (nSPS) is 18.4. The lowest BCUT2D eigenvalue weighted by molar-refractivity contribution is 0.113. The van der Waals surface area contributed by atoms with E-state index in [2.05, 4.69) is 51.7 Å². The molecule has 0 aromatic heterocycles. The van der Waals surface area contributed by atoms with Gasteiger partial charge in [0.25, 0.3) is 0 Å². The number of likely N-dealkylation sites (N-methyl/N-ethyl adjacent to an activating group) is 1. The van der Waals surface area contributed by atoms with Gasteiger partial charge in [0, 0.05) is 64.1 Å². The first kappa shape index (κ1) is 24.8.